The van der Waals surface area contributed by atoms with Crippen LogP contribution in [0.5, 0.6) is 5.75 Å². The molecule has 3 nitrogen and oxygen atoms in total. The molecule has 78 valence electrons. The molecule has 0 saturated heterocycles. The summed E-state index contributed by atoms with van der Waals surface area (Å²) in [5.41, 5.74) is 7.57. The van der Waals surface area contributed by atoms with E-state index in [0.29, 0.717) is 12.3 Å². The Morgan fingerprint density at radius 2 is 2.14 bits per heavy atom. The minimum atomic E-state index is 0.215. The van der Waals surface area contributed by atoms with Crippen molar-refractivity contribution in [2.45, 2.75) is 19.8 Å². The Bertz CT molecular complexity index is 287. The molecule has 0 aliphatic rings. The van der Waals surface area contributed by atoms with Gasteiger partial charge >= 0.3 is 0 Å². The molecule has 1 aromatic carbocycles. The minimum absolute atomic E-state index is 0.215. The predicted molar refractivity (Wildman–Crippen MR) is 57.4 cm³/mol. The lowest BCUT2D eigenvalue weighted by atomic mass is 10.2. The van der Waals surface area contributed by atoms with Crippen LogP contribution in [0.15, 0.2) is 18.2 Å². The first-order valence-corrected chi connectivity index (χ1v) is 4.84. The molecule has 0 aromatic heterocycles. The Morgan fingerprint density at radius 3 is 2.79 bits per heavy atom. The highest BCUT2D eigenvalue weighted by Gasteiger charge is 1.99. The van der Waals surface area contributed by atoms with Gasteiger partial charge in [0.05, 0.1) is 12.3 Å². The monoisotopic (exact) mass is 195 g/mol. The summed E-state index contributed by atoms with van der Waals surface area (Å²) in [6.45, 7) is 2.81. The highest BCUT2D eigenvalue weighted by atomic mass is 16.5. The summed E-state index contributed by atoms with van der Waals surface area (Å²) in [6, 6.07) is 5.74. The van der Waals surface area contributed by atoms with Crippen LogP contribution in [-0.2, 0) is 0 Å². The maximum Gasteiger partial charge on any atom is 0.142 e. The third kappa shape index (κ3) is 3.26. The third-order valence-corrected chi connectivity index (χ3v) is 1.98. The van der Waals surface area contributed by atoms with Crippen molar-refractivity contribution in [3.63, 3.8) is 0 Å². The van der Waals surface area contributed by atoms with Crippen LogP contribution in [0.3, 0.4) is 0 Å². The normalized spacial score (nSPS) is 10.1. The Kier molecular flexibility index (Phi) is 4.26. The number of rotatable bonds is 5. The first kappa shape index (κ1) is 10.9. The van der Waals surface area contributed by atoms with Crippen LogP contribution in [0.2, 0.25) is 0 Å². The van der Waals surface area contributed by atoms with Crippen LogP contribution in [-0.4, -0.2) is 18.3 Å². The smallest absolute Gasteiger partial charge is 0.142 e. The van der Waals surface area contributed by atoms with Crippen LogP contribution in [0.1, 0.15) is 18.4 Å². The van der Waals surface area contributed by atoms with E-state index in [1.807, 2.05) is 25.1 Å². The lowest BCUT2D eigenvalue weighted by molar-refractivity contribution is 0.253. The number of hydrogen-bond acceptors (Lipinski definition) is 3. The van der Waals surface area contributed by atoms with E-state index >= 15 is 0 Å². The van der Waals surface area contributed by atoms with Gasteiger partial charge in [-0.25, -0.2) is 0 Å². The fraction of sp³-hybridized carbons (Fsp3) is 0.455. The molecule has 0 heterocycles. The van der Waals surface area contributed by atoms with Gasteiger partial charge in [-0.1, -0.05) is 6.07 Å². The van der Waals surface area contributed by atoms with E-state index in [1.54, 1.807) is 0 Å². The van der Waals surface area contributed by atoms with Crippen LogP contribution in [0, 0.1) is 6.92 Å². The minimum Gasteiger partial charge on any atom is -0.491 e. The van der Waals surface area contributed by atoms with Gasteiger partial charge < -0.3 is 15.6 Å². The van der Waals surface area contributed by atoms with E-state index in [2.05, 4.69) is 0 Å². The number of ether oxygens (including phenoxy) is 1. The van der Waals surface area contributed by atoms with Gasteiger partial charge in [-0.05, 0) is 37.5 Å². The molecular weight excluding hydrogens is 178 g/mol. The number of aliphatic hydroxyl groups is 1. The number of nitrogens with two attached hydrogens (primary N) is 1. The molecule has 0 aliphatic carbocycles. The van der Waals surface area contributed by atoms with E-state index < -0.39 is 0 Å². The second kappa shape index (κ2) is 5.50. The molecule has 0 spiro atoms. The molecule has 0 unspecified atom stereocenters. The largest absolute Gasteiger partial charge is 0.491 e. The molecule has 0 fully saturated rings. The summed E-state index contributed by atoms with van der Waals surface area (Å²) in [7, 11) is 0. The second-order valence-electron chi connectivity index (χ2n) is 3.32. The predicted octanol–water partition coefficient (Wildman–Crippen LogP) is 1.73. The summed E-state index contributed by atoms with van der Waals surface area (Å²) in [5, 5.41) is 8.57. The number of aryl methyl sites for hydroxylation is 1. The highest BCUT2D eigenvalue weighted by molar-refractivity contribution is 5.53. The van der Waals surface area contributed by atoms with E-state index in [0.717, 1.165) is 24.2 Å². The van der Waals surface area contributed by atoms with Crippen LogP contribution >= 0.6 is 0 Å². The zero-order valence-electron chi connectivity index (χ0n) is 8.49. The zero-order valence-corrected chi connectivity index (χ0v) is 8.49. The topological polar surface area (TPSA) is 55.5 Å². The molecule has 3 heteroatoms. The van der Waals surface area contributed by atoms with Gasteiger partial charge in [0.1, 0.15) is 5.75 Å². The molecule has 0 amide bonds. The van der Waals surface area contributed by atoms with Crippen molar-refractivity contribution in [3.8, 4) is 5.75 Å². The molecule has 0 aliphatic heterocycles. The van der Waals surface area contributed by atoms with Crippen LogP contribution in [0.4, 0.5) is 5.69 Å². The van der Waals surface area contributed by atoms with Gasteiger partial charge in [-0.15, -0.1) is 0 Å². The first-order chi connectivity index (χ1) is 6.74. The average Bonchev–Trinajstić information content (AvgIpc) is 2.15. The molecule has 0 atom stereocenters. The summed E-state index contributed by atoms with van der Waals surface area (Å²) in [5.74, 6) is 0.730. The van der Waals surface area contributed by atoms with Gasteiger partial charge in [0, 0.05) is 6.61 Å². The zero-order chi connectivity index (χ0) is 10.4. The summed E-state index contributed by atoms with van der Waals surface area (Å²) in [6.07, 6.45) is 1.62. The number of aliphatic hydroxyl groups excluding tert-OH is 1. The Hall–Kier alpha value is -1.22. The van der Waals surface area contributed by atoms with Crippen molar-refractivity contribution >= 4 is 5.69 Å². The van der Waals surface area contributed by atoms with E-state index in [1.165, 1.54) is 0 Å². The Labute approximate surface area is 84.5 Å². The molecule has 14 heavy (non-hydrogen) atoms. The molecule has 3 N–H and O–H groups in total. The molecule has 1 aromatic rings. The van der Waals surface area contributed by atoms with Gasteiger partial charge in [0.25, 0.3) is 0 Å². The molecule has 0 radical (unpaired) electrons. The highest BCUT2D eigenvalue weighted by Crippen LogP contribution is 2.22. The lowest BCUT2D eigenvalue weighted by Crippen LogP contribution is -2.01. The Balaban J connectivity index is 2.42. The van der Waals surface area contributed by atoms with Crippen LogP contribution < -0.4 is 10.5 Å². The van der Waals surface area contributed by atoms with Crippen molar-refractivity contribution in [3.05, 3.63) is 23.8 Å². The van der Waals surface area contributed by atoms with Crippen molar-refractivity contribution in [1.29, 1.82) is 0 Å². The number of hydrogen-bond donors (Lipinski definition) is 2. The summed E-state index contributed by atoms with van der Waals surface area (Å²) in [4.78, 5) is 0. The lowest BCUT2D eigenvalue weighted by Gasteiger charge is -2.08. The Morgan fingerprint density at radius 1 is 1.36 bits per heavy atom. The van der Waals surface area contributed by atoms with Crippen molar-refractivity contribution in [1.82, 2.24) is 0 Å². The van der Waals surface area contributed by atoms with E-state index in [-0.39, 0.29) is 6.61 Å². The van der Waals surface area contributed by atoms with Gasteiger partial charge in [0.2, 0.25) is 0 Å². The maximum atomic E-state index is 8.57. The van der Waals surface area contributed by atoms with Gasteiger partial charge in [-0.3, -0.25) is 0 Å². The number of nitrogen functional groups attached to an aromatic ring is 1. The summed E-state index contributed by atoms with van der Waals surface area (Å²) >= 11 is 0. The van der Waals surface area contributed by atoms with Crippen molar-refractivity contribution in [2.24, 2.45) is 0 Å². The second-order valence-corrected chi connectivity index (χ2v) is 3.32. The van der Waals surface area contributed by atoms with Gasteiger partial charge in [-0.2, -0.15) is 0 Å². The van der Waals surface area contributed by atoms with Crippen molar-refractivity contribution in [2.75, 3.05) is 18.9 Å². The fourth-order valence-corrected chi connectivity index (χ4v) is 1.20. The molecule has 1 rings (SSSR count). The quantitative estimate of drug-likeness (QED) is 0.555. The number of anilines is 1. The van der Waals surface area contributed by atoms with E-state index in [9.17, 15) is 0 Å². The molecule has 0 saturated carbocycles. The maximum absolute atomic E-state index is 8.57. The SMILES string of the molecule is Cc1ccc(OCCCCO)c(N)c1. The summed E-state index contributed by atoms with van der Waals surface area (Å²) < 4.78 is 5.46. The third-order valence-electron chi connectivity index (χ3n) is 1.98. The number of unbranched alkanes of at least 4 members (excludes halogenated alkanes) is 1. The molecule has 0 bridgehead atoms. The van der Waals surface area contributed by atoms with E-state index in [4.69, 9.17) is 15.6 Å². The number of benzene rings is 1. The van der Waals surface area contributed by atoms with Gasteiger partial charge in [0.15, 0.2) is 0 Å². The standard InChI is InChI=1S/C11H17NO2/c1-9-4-5-11(10(12)8-9)14-7-3-2-6-13/h4-5,8,13H,2-3,6-7,12H2,1H3. The average molecular weight is 195 g/mol. The fourth-order valence-electron chi connectivity index (χ4n) is 1.20. The van der Waals surface area contributed by atoms with Crippen molar-refractivity contribution < 1.29 is 9.84 Å². The molecular formula is C11H17NO2. The van der Waals surface area contributed by atoms with Crippen LogP contribution in [0.25, 0.3) is 0 Å². The first-order valence-electron chi connectivity index (χ1n) is 4.84.